The summed E-state index contributed by atoms with van der Waals surface area (Å²) in [5.41, 5.74) is 0.204. The smallest absolute Gasteiger partial charge is 0.263 e. The van der Waals surface area contributed by atoms with Crippen molar-refractivity contribution in [3.05, 3.63) is 27.2 Å². The lowest BCUT2D eigenvalue weighted by atomic mass is 10.2. The van der Waals surface area contributed by atoms with Gasteiger partial charge in [-0.2, -0.15) is 0 Å². The first-order valence-electron chi connectivity index (χ1n) is 4.29. The fourth-order valence-corrected chi connectivity index (χ4v) is 1.39. The van der Waals surface area contributed by atoms with Crippen LogP contribution in [-0.2, 0) is 9.59 Å². The third-order valence-electron chi connectivity index (χ3n) is 1.67. The van der Waals surface area contributed by atoms with E-state index < -0.39 is 5.91 Å². The first kappa shape index (κ1) is 13.7. The molecule has 90 valence electrons. The van der Waals surface area contributed by atoms with E-state index in [1.165, 1.54) is 12.1 Å². The maximum absolute atomic E-state index is 11.6. The molecule has 0 aliphatic rings. The van der Waals surface area contributed by atoms with E-state index in [-0.39, 0.29) is 26.2 Å². The SMILES string of the molecule is O=C/C(Br)=C(/Br)C(=O)Nc1cc(O)cc(O)c1. The highest BCUT2D eigenvalue weighted by Gasteiger charge is 2.11. The zero-order chi connectivity index (χ0) is 13.0. The molecule has 0 aliphatic carbocycles. The summed E-state index contributed by atoms with van der Waals surface area (Å²) in [5.74, 6) is -0.960. The predicted molar refractivity (Wildman–Crippen MR) is 69.3 cm³/mol. The van der Waals surface area contributed by atoms with Gasteiger partial charge in [0, 0.05) is 23.9 Å². The van der Waals surface area contributed by atoms with Gasteiger partial charge >= 0.3 is 0 Å². The second-order valence-electron chi connectivity index (χ2n) is 2.97. The normalized spacial score (nSPS) is 11.6. The minimum Gasteiger partial charge on any atom is -0.508 e. The number of halogens is 2. The summed E-state index contributed by atoms with van der Waals surface area (Å²) < 4.78 is 0.0645. The predicted octanol–water partition coefficient (Wildman–Crippen LogP) is 2.24. The molecule has 0 bridgehead atoms. The summed E-state index contributed by atoms with van der Waals surface area (Å²) in [4.78, 5) is 22.0. The lowest BCUT2D eigenvalue weighted by molar-refractivity contribution is -0.112. The quantitative estimate of drug-likeness (QED) is 0.567. The second kappa shape index (κ2) is 5.83. The standard InChI is InChI=1S/C10H7Br2NO4/c11-8(4-14)9(12)10(17)13-5-1-6(15)3-7(16)2-5/h1-4,15-16H,(H,13,17)/b9-8-. The van der Waals surface area contributed by atoms with Crippen LogP contribution in [0.4, 0.5) is 5.69 Å². The lowest BCUT2D eigenvalue weighted by Gasteiger charge is -2.06. The number of aromatic hydroxyl groups is 2. The van der Waals surface area contributed by atoms with Crippen molar-refractivity contribution in [3.63, 3.8) is 0 Å². The summed E-state index contributed by atoms with van der Waals surface area (Å²) >= 11 is 5.82. The van der Waals surface area contributed by atoms with Crippen molar-refractivity contribution in [3.8, 4) is 11.5 Å². The molecular formula is C10H7Br2NO4. The number of rotatable bonds is 3. The van der Waals surface area contributed by atoms with Crippen LogP contribution in [0.3, 0.4) is 0 Å². The van der Waals surface area contributed by atoms with Crippen LogP contribution in [0.5, 0.6) is 11.5 Å². The molecule has 0 unspecified atom stereocenters. The minimum absolute atomic E-state index is 0.00957. The summed E-state index contributed by atoms with van der Waals surface area (Å²) in [6.45, 7) is 0. The molecular weight excluding hydrogens is 358 g/mol. The van der Waals surface area contributed by atoms with E-state index in [1.807, 2.05) is 0 Å². The summed E-state index contributed by atoms with van der Waals surface area (Å²) in [5, 5.41) is 20.8. The maximum Gasteiger partial charge on any atom is 0.263 e. The van der Waals surface area contributed by atoms with Gasteiger partial charge in [-0.15, -0.1) is 0 Å². The molecule has 7 heteroatoms. The molecule has 17 heavy (non-hydrogen) atoms. The van der Waals surface area contributed by atoms with Crippen LogP contribution in [0.15, 0.2) is 27.2 Å². The van der Waals surface area contributed by atoms with Crippen molar-refractivity contribution in [2.45, 2.75) is 0 Å². The van der Waals surface area contributed by atoms with Gasteiger partial charge in [-0.25, -0.2) is 0 Å². The van der Waals surface area contributed by atoms with Crippen molar-refractivity contribution in [1.82, 2.24) is 0 Å². The summed E-state index contributed by atoms with van der Waals surface area (Å²) in [6.07, 6.45) is 0.462. The number of amides is 1. The number of hydrogen-bond donors (Lipinski definition) is 3. The van der Waals surface area contributed by atoms with E-state index in [1.54, 1.807) is 0 Å². The molecule has 0 spiro atoms. The van der Waals surface area contributed by atoms with E-state index in [9.17, 15) is 19.8 Å². The van der Waals surface area contributed by atoms with Crippen LogP contribution >= 0.6 is 31.9 Å². The van der Waals surface area contributed by atoms with Crippen molar-refractivity contribution in [1.29, 1.82) is 0 Å². The zero-order valence-electron chi connectivity index (χ0n) is 8.28. The monoisotopic (exact) mass is 363 g/mol. The molecule has 0 fully saturated rings. The van der Waals surface area contributed by atoms with Crippen LogP contribution in [0.25, 0.3) is 0 Å². The van der Waals surface area contributed by atoms with Crippen LogP contribution in [-0.4, -0.2) is 22.4 Å². The Bertz CT molecular complexity index is 479. The van der Waals surface area contributed by atoms with Crippen molar-refractivity contribution in [2.24, 2.45) is 0 Å². The van der Waals surface area contributed by atoms with Gasteiger partial charge in [0.1, 0.15) is 16.0 Å². The Balaban J connectivity index is 2.92. The van der Waals surface area contributed by atoms with Gasteiger partial charge in [-0.3, -0.25) is 9.59 Å². The highest BCUT2D eigenvalue weighted by atomic mass is 79.9. The number of carbonyl (C=O) groups is 2. The number of nitrogens with one attached hydrogen (secondary N) is 1. The Labute approximate surface area is 113 Å². The van der Waals surface area contributed by atoms with Crippen molar-refractivity contribution >= 4 is 49.7 Å². The molecule has 0 saturated heterocycles. The molecule has 1 aromatic rings. The molecule has 0 heterocycles. The van der Waals surface area contributed by atoms with Gasteiger partial charge in [-0.05, 0) is 31.9 Å². The van der Waals surface area contributed by atoms with Gasteiger partial charge in [0.05, 0.1) is 4.48 Å². The number of phenols is 2. The molecule has 0 aromatic heterocycles. The molecule has 3 N–H and O–H groups in total. The van der Waals surface area contributed by atoms with Crippen LogP contribution < -0.4 is 5.32 Å². The topological polar surface area (TPSA) is 86.6 Å². The first-order valence-corrected chi connectivity index (χ1v) is 5.87. The Morgan fingerprint density at radius 2 is 1.71 bits per heavy atom. The van der Waals surface area contributed by atoms with Crippen molar-refractivity contribution in [2.75, 3.05) is 5.32 Å². The lowest BCUT2D eigenvalue weighted by Crippen LogP contribution is -2.12. The Morgan fingerprint density at radius 1 is 1.18 bits per heavy atom. The van der Waals surface area contributed by atoms with Gasteiger partial charge in [0.15, 0.2) is 6.29 Å². The van der Waals surface area contributed by atoms with E-state index in [4.69, 9.17) is 0 Å². The molecule has 0 saturated carbocycles. The Hall–Kier alpha value is -1.34. The Kier molecular flexibility index (Phi) is 4.71. The summed E-state index contributed by atoms with van der Waals surface area (Å²) in [6, 6.07) is 3.64. The number of anilines is 1. The number of phenolic OH excluding ortho intramolecular Hbond substituents is 2. The average molecular weight is 365 g/mol. The molecule has 0 aliphatic heterocycles. The van der Waals surface area contributed by atoms with Gasteiger partial charge < -0.3 is 15.5 Å². The number of aldehydes is 1. The molecule has 1 amide bonds. The number of benzene rings is 1. The highest BCUT2D eigenvalue weighted by Crippen LogP contribution is 2.25. The molecule has 5 nitrogen and oxygen atoms in total. The fraction of sp³-hybridized carbons (Fsp3) is 0. The van der Waals surface area contributed by atoms with E-state index in [0.29, 0.717) is 6.29 Å². The maximum atomic E-state index is 11.6. The minimum atomic E-state index is -0.589. The third kappa shape index (κ3) is 3.86. The van der Waals surface area contributed by atoms with E-state index >= 15 is 0 Å². The first-order chi connectivity index (χ1) is 7.93. The molecule has 1 aromatic carbocycles. The fourth-order valence-electron chi connectivity index (χ4n) is 1.01. The third-order valence-corrected chi connectivity index (χ3v) is 3.58. The van der Waals surface area contributed by atoms with Gasteiger partial charge in [0.2, 0.25) is 0 Å². The Morgan fingerprint density at radius 3 is 2.18 bits per heavy atom. The van der Waals surface area contributed by atoms with Crippen LogP contribution in [0, 0.1) is 0 Å². The van der Waals surface area contributed by atoms with Gasteiger partial charge in [-0.1, -0.05) is 0 Å². The van der Waals surface area contributed by atoms with E-state index in [2.05, 4.69) is 37.2 Å². The van der Waals surface area contributed by atoms with E-state index in [0.717, 1.165) is 6.07 Å². The molecule has 0 atom stereocenters. The largest absolute Gasteiger partial charge is 0.508 e. The number of allylic oxidation sites excluding steroid dienone is 1. The average Bonchev–Trinajstić information content (AvgIpc) is 2.25. The highest BCUT2D eigenvalue weighted by molar-refractivity contribution is 9.14. The second-order valence-corrected chi connectivity index (χ2v) is 4.62. The van der Waals surface area contributed by atoms with Gasteiger partial charge in [0.25, 0.3) is 5.91 Å². The summed E-state index contributed by atoms with van der Waals surface area (Å²) in [7, 11) is 0. The van der Waals surface area contributed by atoms with Crippen LogP contribution in [0.2, 0.25) is 0 Å². The molecule has 1 rings (SSSR count). The number of hydrogen-bond acceptors (Lipinski definition) is 4. The van der Waals surface area contributed by atoms with Crippen molar-refractivity contribution < 1.29 is 19.8 Å². The van der Waals surface area contributed by atoms with Crippen LogP contribution in [0.1, 0.15) is 0 Å². The molecule has 0 radical (unpaired) electrons. The number of carbonyl (C=O) groups excluding carboxylic acids is 2. The zero-order valence-corrected chi connectivity index (χ0v) is 11.4.